The predicted octanol–water partition coefficient (Wildman–Crippen LogP) is 2.35. The highest BCUT2D eigenvalue weighted by molar-refractivity contribution is 8.01. The summed E-state index contributed by atoms with van der Waals surface area (Å²) in [4.78, 5) is 51.0. The molecule has 1 fully saturated rings. The number of aliphatic hydroxyl groups is 1. The maximum absolute atomic E-state index is 12.9. The lowest BCUT2D eigenvalue weighted by Crippen LogP contribution is -2.70. The number of carbonyl (C=O) groups is 4. The van der Waals surface area contributed by atoms with Gasteiger partial charge in [0.25, 0.3) is 5.91 Å². The standard InChI is InChI=1S/C24H21Cl2N3O7S3/c25-13-1-2-15(26)17(7-13)38-11-18(31)27-19-21(32)29-20(24(35)36)12(10-39-22(19)29)9-37-14-3-5-28(6-4-14)8-16(30)23(33)34/h1-7,16,19,22,30H,8-11H2,(H2-,27,31,33,34,35,36)/p+1. The van der Waals surface area contributed by atoms with E-state index < -0.39 is 35.4 Å². The third kappa shape index (κ3) is 7.02. The van der Waals surface area contributed by atoms with Gasteiger partial charge >= 0.3 is 11.9 Å². The lowest BCUT2D eigenvalue weighted by atomic mass is 10.0. The third-order valence-electron chi connectivity index (χ3n) is 5.76. The van der Waals surface area contributed by atoms with Crippen molar-refractivity contribution in [3.63, 3.8) is 0 Å². The molecular formula is C24H22Cl2N3O7S3+. The van der Waals surface area contributed by atoms with Crippen LogP contribution in [0.15, 0.2) is 63.8 Å². The van der Waals surface area contributed by atoms with Gasteiger partial charge < -0.3 is 20.6 Å². The van der Waals surface area contributed by atoms with Gasteiger partial charge in [-0.05, 0) is 23.8 Å². The Bertz CT molecular complexity index is 1340. The van der Waals surface area contributed by atoms with E-state index in [1.54, 1.807) is 42.7 Å². The Morgan fingerprint density at radius 2 is 1.87 bits per heavy atom. The van der Waals surface area contributed by atoms with Crippen LogP contribution in [-0.2, 0) is 25.7 Å². The van der Waals surface area contributed by atoms with Crippen LogP contribution in [0.25, 0.3) is 0 Å². The molecule has 0 bridgehead atoms. The number of thioether (sulfide) groups is 3. The Labute approximate surface area is 245 Å². The number of hydrogen-bond acceptors (Lipinski definition) is 8. The number of aliphatic carboxylic acids is 2. The highest BCUT2D eigenvalue weighted by Gasteiger charge is 2.54. The van der Waals surface area contributed by atoms with Crippen LogP contribution in [0.4, 0.5) is 0 Å². The molecule has 3 unspecified atom stereocenters. The summed E-state index contributed by atoms with van der Waals surface area (Å²) in [6.45, 7) is -0.103. The van der Waals surface area contributed by atoms with Crippen molar-refractivity contribution in [1.29, 1.82) is 0 Å². The number of carbonyl (C=O) groups excluding carboxylic acids is 2. The van der Waals surface area contributed by atoms with E-state index in [2.05, 4.69) is 5.32 Å². The number of rotatable bonds is 11. The first-order chi connectivity index (χ1) is 18.5. The van der Waals surface area contributed by atoms with Crippen LogP contribution in [-0.4, -0.2) is 78.8 Å². The average molecular weight is 632 g/mol. The molecule has 2 aliphatic heterocycles. The van der Waals surface area contributed by atoms with Crippen LogP contribution in [0.5, 0.6) is 0 Å². The van der Waals surface area contributed by atoms with E-state index in [1.807, 2.05) is 0 Å². The number of amides is 2. The largest absolute Gasteiger partial charge is 0.479 e. The maximum Gasteiger partial charge on any atom is 0.352 e. The molecule has 2 amide bonds. The van der Waals surface area contributed by atoms with Crippen molar-refractivity contribution in [2.75, 3.05) is 17.3 Å². The summed E-state index contributed by atoms with van der Waals surface area (Å²) >= 11 is 16.0. The number of fused-ring (bicyclic) bond motifs is 1. The van der Waals surface area contributed by atoms with E-state index in [4.69, 9.17) is 28.3 Å². The molecule has 0 aliphatic carbocycles. The number of nitrogens with zero attached hydrogens (tertiary/aromatic N) is 2. The molecule has 206 valence electrons. The van der Waals surface area contributed by atoms with Gasteiger partial charge in [-0.15, -0.1) is 35.3 Å². The van der Waals surface area contributed by atoms with Crippen LogP contribution in [0.2, 0.25) is 10.0 Å². The van der Waals surface area contributed by atoms with Crippen LogP contribution in [0, 0.1) is 0 Å². The highest BCUT2D eigenvalue weighted by atomic mass is 35.5. The van der Waals surface area contributed by atoms with Gasteiger partial charge in [-0.25, -0.2) is 14.2 Å². The van der Waals surface area contributed by atoms with Gasteiger partial charge in [-0.2, -0.15) is 0 Å². The van der Waals surface area contributed by atoms with E-state index in [9.17, 15) is 29.4 Å². The SMILES string of the molecule is O=C(CSc1cc(Cl)ccc1Cl)NC1C(=O)N2C(C(=O)O)=C(CSc3cc[n+](CC(O)C(=O)O)cc3)CSC12. The summed E-state index contributed by atoms with van der Waals surface area (Å²) in [5.74, 6) is -2.68. The number of nitrogens with one attached hydrogen (secondary N) is 1. The van der Waals surface area contributed by atoms with Crippen molar-refractivity contribution in [1.82, 2.24) is 10.2 Å². The molecule has 10 nitrogen and oxygen atoms in total. The number of benzene rings is 1. The quantitative estimate of drug-likeness (QED) is 0.166. The van der Waals surface area contributed by atoms with Crippen molar-refractivity contribution in [3.05, 3.63) is 64.0 Å². The van der Waals surface area contributed by atoms with Crippen LogP contribution in [0.1, 0.15) is 0 Å². The number of aliphatic hydroxyl groups excluding tert-OH is 1. The van der Waals surface area contributed by atoms with Gasteiger partial charge in [0.15, 0.2) is 18.9 Å². The fourth-order valence-corrected chi connectivity index (χ4v) is 7.52. The van der Waals surface area contributed by atoms with Crippen molar-refractivity contribution >= 4 is 82.2 Å². The van der Waals surface area contributed by atoms with Crippen molar-refractivity contribution in [2.45, 2.75) is 33.9 Å². The molecule has 2 aromatic rings. The molecule has 0 radical (unpaired) electrons. The maximum atomic E-state index is 12.9. The zero-order valence-corrected chi connectivity index (χ0v) is 23.9. The summed E-state index contributed by atoms with van der Waals surface area (Å²) in [6, 6.07) is 7.56. The zero-order chi connectivity index (χ0) is 28.3. The summed E-state index contributed by atoms with van der Waals surface area (Å²) in [7, 11) is 0. The lowest BCUT2D eigenvalue weighted by Gasteiger charge is -2.49. The molecule has 1 aromatic heterocycles. The normalized spacial score (nSPS) is 19.3. The summed E-state index contributed by atoms with van der Waals surface area (Å²) in [5, 5.41) is 31.3. The van der Waals surface area contributed by atoms with E-state index >= 15 is 0 Å². The average Bonchev–Trinajstić information content (AvgIpc) is 2.91. The number of halogens is 2. The van der Waals surface area contributed by atoms with Crippen LogP contribution in [0.3, 0.4) is 0 Å². The number of aromatic nitrogens is 1. The first-order valence-corrected chi connectivity index (χ1v) is 15.1. The monoisotopic (exact) mass is 630 g/mol. The molecule has 4 rings (SSSR count). The van der Waals surface area contributed by atoms with Gasteiger partial charge in [-0.1, -0.05) is 23.2 Å². The van der Waals surface area contributed by atoms with Crippen molar-refractivity contribution < 1.29 is 39.1 Å². The van der Waals surface area contributed by atoms with Gasteiger partial charge in [0.1, 0.15) is 17.1 Å². The predicted molar refractivity (Wildman–Crippen MR) is 148 cm³/mol. The Morgan fingerprint density at radius 3 is 2.54 bits per heavy atom. The third-order valence-corrected chi connectivity index (χ3v) is 9.93. The lowest BCUT2D eigenvalue weighted by molar-refractivity contribution is -0.702. The zero-order valence-electron chi connectivity index (χ0n) is 20.0. The Morgan fingerprint density at radius 1 is 1.15 bits per heavy atom. The molecule has 39 heavy (non-hydrogen) atoms. The summed E-state index contributed by atoms with van der Waals surface area (Å²) < 4.78 is 1.53. The molecule has 4 N–H and O–H groups in total. The van der Waals surface area contributed by atoms with Gasteiger partial charge in [0, 0.05) is 38.5 Å². The van der Waals surface area contributed by atoms with E-state index in [0.29, 0.717) is 32.0 Å². The van der Waals surface area contributed by atoms with E-state index in [0.717, 1.165) is 4.90 Å². The molecule has 1 aromatic carbocycles. The molecule has 15 heteroatoms. The second kappa shape index (κ2) is 12.8. The highest BCUT2D eigenvalue weighted by Crippen LogP contribution is 2.41. The molecule has 3 atom stereocenters. The Balaban J connectivity index is 1.35. The first kappa shape index (κ1) is 29.6. The van der Waals surface area contributed by atoms with E-state index in [1.165, 1.54) is 44.8 Å². The minimum absolute atomic E-state index is 0.0110. The van der Waals surface area contributed by atoms with Crippen LogP contribution >= 0.6 is 58.5 Å². The van der Waals surface area contributed by atoms with Crippen molar-refractivity contribution in [3.8, 4) is 0 Å². The van der Waals surface area contributed by atoms with Gasteiger partial charge in [-0.3, -0.25) is 14.5 Å². The van der Waals surface area contributed by atoms with E-state index in [-0.39, 0.29) is 23.9 Å². The molecular weight excluding hydrogens is 609 g/mol. The minimum Gasteiger partial charge on any atom is -0.479 e. The molecule has 3 heterocycles. The van der Waals surface area contributed by atoms with Gasteiger partial charge in [0.2, 0.25) is 12.0 Å². The molecule has 0 saturated carbocycles. The molecule has 1 saturated heterocycles. The number of pyridine rings is 1. The number of carboxylic acids is 2. The first-order valence-electron chi connectivity index (χ1n) is 11.3. The second-order valence-corrected chi connectivity index (χ2v) is 12.5. The fraction of sp³-hybridized carbons (Fsp3) is 0.292. The summed E-state index contributed by atoms with van der Waals surface area (Å²) in [5.41, 5.74) is 0.508. The Hall–Kier alpha value is -2.42. The van der Waals surface area contributed by atoms with Gasteiger partial charge in [0.05, 0.1) is 10.8 Å². The molecule has 0 spiro atoms. The van der Waals surface area contributed by atoms with Crippen LogP contribution < -0.4 is 9.88 Å². The fourth-order valence-electron chi connectivity index (χ4n) is 3.85. The number of hydrogen-bond donors (Lipinski definition) is 4. The minimum atomic E-state index is -1.52. The number of β-lactam (4-membered cyclic amide) rings is 1. The summed E-state index contributed by atoms with van der Waals surface area (Å²) in [6.07, 6.45) is 1.72. The second-order valence-electron chi connectivity index (χ2n) is 8.45. The molecule has 2 aliphatic rings. The Kier molecular flexibility index (Phi) is 9.73. The number of carboxylic acid groups (broad SMARTS) is 2. The topological polar surface area (TPSA) is 148 Å². The smallest absolute Gasteiger partial charge is 0.352 e. The van der Waals surface area contributed by atoms with Crippen molar-refractivity contribution in [2.24, 2.45) is 0 Å².